The first-order valence-electron chi connectivity index (χ1n) is 4.84. The molecule has 2 aliphatic heterocycles. The van der Waals surface area contributed by atoms with Gasteiger partial charge in [0.25, 0.3) is 0 Å². The van der Waals surface area contributed by atoms with Gasteiger partial charge in [0.2, 0.25) is 0 Å². The molecule has 1 N–H and O–H groups in total. The van der Waals surface area contributed by atoms with Crippen molar-refractivity contribution in [1.29, 1.82) is 0 Å². The lowest BCUT2D eigenvalue weighted by atomic mass is 9.93. The van der Waals surface area contributed by atoms with Crippen molar-refractivity contribution >= 4 is 0 Å². The van der Waals surface area contributed by atoms with Crippen molar-refractivity contribution in [3.8, 4) is 0 Å². The number of morpholine rings is 1. The molecule has 1 spiro atoms. The molecule has 3 nitrogen and oxygen atoms in total. The normalized spacial score (nSPS) is 38.0. The van der Waals surface area contributed by atoms with Gasteiger partial charge in [-0.3, -0.25) is 0 Å². The van der Waals surface area contributed by atoms with Crippen LogP contribution in [-0.2, 0) is 9.47 Å². The Hall–Kier alpha value is -0.120. The van der Waals surface area contributed by atoms with Crippen LogP contribution in [0.5, 0.6) is 0 Å². The van der Waals surface area contributed by atoms with E-state index in [2.05, 4.69) is 5.32 Å². The Morgan fingerprint density at radius 2 is 2.08 bits per heavy atom. The minimum Gasteiger partial charge on any atom is -0.381 e. The summed E-state index contributed by atoms with van der Waals surface area (Å²) in [6.45, 7) is 4.64. The third kappa shape index (κ3) is 1.79. The van der Waals surface area contributed by atoms with E-state index in [1.54, 1.807) is 0 Å². The lowest BCUT2D eigenvalue weighted by Gasteiger charge is -2.36. The average molecular weight is 171 g/mol. The second kappa shape index (κ2) is 3.73. The van der Waals surface area contributed by atoms with E-state index in [1.807, 2.05) is 0 Å². The Kier molecular flexibility index (Phi) is 2.63. The van der Waals surface area contributed by atoms with Gasteiger partial charge in [0.1, 0.15) is 0 Å². The summed E-state index contributed by atoms with van der Waals surface area (Å²) in [5, 5.41) is 3.39. The molecule has 0 aromatic rings. The fourth-order valence-corrected chi connectivity index (χ4v) is 2.01. The van der Waals surface area contributed by atoms with Crippen LogP contribution in [0.25, 0.3) is 0 Å². The van der Waals surface area contributed by atoms with Crippen molar-refractivity contribution in [1.82, 2.24) is 5.32 Å². The van der Waals surface area contributed by atoms with Crippen LogP contribution in [0.1, 0.15) is 19.3 Å². The first kappa shape index (κ1) is 8.48. The molecule has 0 bridgehead atoms. The predicted molar refractivity (Wildman–Crippen MR) is 46.2 cm³/mol. The maximum atomic E-state index is 5.84. The summed E-state index contributed by atoms with van der Waals surface area (Å²) in [5.41, 5.74) is 0.106. The molecular weight excluding hydrogens is 154 g/mol. The summed E-state index contributed by atoms with van der Waals surface area (Å²) in [5.74, 6) is 0. The lowest BCUT2D eigenvalue weighted by molar-refractivity contribution is -0.0767. The van der Waals surface area contributed by atoms with E-state index in [0.717, 1.165) is 52.2 Å². The predicted octanol–water partition coefficient (Wildman–Crippen LogP) is 0.546. The molecule has 2 saturated heterocycles. The maximum absolute atomic E-state index is 5.84. The molecule has 2 aliphatic rings. The first-order chi connectivity index (χ1) is 5.91. The summed E-state index contributed by atoms with van der Waals surface area (Å²) < 4.78 is 11.3. The SMILES string of the molecule is C1COCCC2(C1)CNCCO2. The summed E-state index contributed by atoms with van der Waals surface area (Å²) >= 11 is 0. The van der Waals surface area contributed by atoms with Gasteiger partial charge >= 0.3 is 0 Å². The highest BCUT2D eigenvalue weighted by Crippen LogP contribution is 2.26. The molecule has 2 fully saturated rings. The smallest absolute Gasteiger partial charge is 0.0829 e. The van der Waals surface area contributed by atoms with E-state index in [4.69, 9.17) is 9.47 Å². The van der Waals surface area contributed by atoms with Gasteiger partial charge in [-0.1, -0.05) is 0 Å². The summed E-state index contributed by atoms with van der Waals surface area (Å²) in [6.07, 6.45) is 3.35. The molecule has 0 radical (unpaired) electrons. The van der Waals surface area contributed by atoms with Crippen LogP contribution in [-0.4, -0.2) is 38.5 Å². The fourth-order valence-electron chi connectivity index (χ4n) is 2.01. The van der Waals surface area contributed by atoms with Crippen molar-refractivity contribution in [2.75, 3.05) is 32.9 Å². The minimum absolute atomic E-state index is 0.106. The van der Waals surface area contributed by atoms with Crippen molar-refractivity contribution < 1.29 is 9.47 Å². The number of ether oxygens (including phenoxy) is 2. The minimum atomic E-state index is 0.106. The van der Waals surface area contributed by atoms with Gasteiger partial charge in [0, 0.05) is 32.7 Å². The average Bonchev–Trinajstić information content (AvgIpc) is 2.33. The molecule has 12 heavy (non-hydrogen) atoms. The van der Waals surface area contributed by atoms with Crippen LogP contribution in [0.15, 0.2) is 0 Å². The molecule has 0 saturated carbocycles. The summed E-state index contributed by atoms with van der Waals surface area (Å²) in [6, 6.07) is 0. The molecule has 3 heteroatoms. The van der Waals surface area contributed by atoms with E-state index in [0.29, 0.717) is 0 Å². The molecule has 0 aliphatic carbocycles. The topological polar surface area (TPSA) is 30.5 Å². The van der Waals surface area contributed by atoms with Gasteiger partial charge in [-0.25, -0.2) is 0 Å². The van der Waals surface area contributed by atoms with Crippen LogP contribution >= 0.6 is 0 Å². The Bertz CT molecular complexity index is 133. The van der Waals surface area contributed by atoms with Crippen molar-refractivity contribution in [2.24, 2.45) is 0 Å². The monoisotopic (exact) mass is 171 g/mol. The maximum Gasteiger partial charge on any atom is 0.0829 e. The Morgan fingerprint density at radius 3 is 2.92 bits per heavy atom. The highest BCUT2D eigenvalue weighted by Gasteiger charge is 2.33. The third-order valence-electron chi connectivity index (χ3n) is 2.76. The van der Waals surface area contributed by atoms with Gasteiger partial charge in [-0.2, -0.15) is 0 Å². The molecule has 1 atom stereocenters. The molecular formula is C9H17NO2. The molecule has 0 amide bonds. The zero-order valence-corrected chi connectivity index (χ0v) is 7.47. The highest BCUT2D eigenvalue weighted by atomic mass is 16.5. The van der Waals surface area contributed by atoms with Crippen molar-refractivity contribution in [2.45, 2.75) is 24.9 Å². The van der Waals surface area contributed by atoms with Gasteiger partial charge in [-0.05, 0) is 12.8 Å². The molecule has 0 aromatic heterocycles. The van der Waals surface area contributed by atoms with Crippen LogP contribution in [0.3, 0.4) is 0 Å². The van der Waals surface area contributed by atoms with E-state index in [1.165, 1.54) is 0 Å². The first-order valence-corrected chi connectivity index (χ1v) is 4.84. The fraction of sp³-hybridized carbons (Fsp3) is 1.00. The van der Waals surface area contributed by atoms with E-state index in [9.17, 15) is 0 Å². The van der Waals surface area contributed by atoms with E-state index >= 15 is 0 Å². The molecule has 0 aromatic carbocycles. The van der Waals surface area contributed by atoms with Crippen LogP contribution in [0.4, 0.5) is 0 Å². The largest absolute Gasteiger partial charge is 0.381 e. The van der Waals surface area contributed by atoms with E-state index in [-0.39, 0.29) is 5.60 Å². The number of nitrogens with one attached hydrogen (secondary N) is 1. The highest BCUT2D eigenvalue weighted by molar-refractivity contribution is 4.87. The van der Waals surface area contributed by atoms with Crippen molar-refractivity contribution in [3.05, 3.63) is 0 Å². The Balaban J connectivity index is 1.95. The van der Waals surface area contributed by atoms with Gasteiger partial charge in [0.15, 0.2) is 0 Å². The number of rotatable bonds is 0. The number of hydrogen-bond acceptors (Lipinski definition) is 3. The van der Waals surface area contributed by atoms with Crippen LogP contribution < -0.4 is 5.32 Å². The molecule has 2 heterocycles. The number of hydrogen-bond donors (Lipinski definition) is 1. The zero-order valence-electron chi connectivity index (χ0n) is 7.47. The second-order valence-electron chi connectivity index (χ2n) is 3.67. The van der Waals surface area contributed by atoms with Crippen molar-refractivity contribution in [3.63, 3.8) is 0 Å². The molecule has 1 unspecified atom stereocenters. The van der Waals surface area contributed by atoms with Gasteiger partial charge in [-0.15, -0.1) is 0 Å². The van der Waals surface area contributed by atoms with Gasteiger partial charge < -0.3 is 14.8 Å². The second-order valence-corrected chi connectivity index (χ2v) is 3.67. The van der Waals surface area contributed by atoms with E-state index < -0.39 is 0 Å². The molecule has 70 valence electrons. The Labute approximate surface area is 73.4 Å². The summed E-state index contributed by atoms with van der Waals surface area (Å²) in [7, 11) is 0. The zero-order chi connectivity index (χ0) is 8.28. The van der Waals surface area contributed by atoms with Gasteiger partial charge in [0.05, 0.1) is 12.2 Å². The third-order valence-corrected chi connectivity index (χ3v) is 2.76. The quantitative estimate of drug-likeness (QED) is 0.577. The Morgan fingerprint density at radius 1 is 1.08 bits per heavy atom. The van der Waals surface area contributed by atoms with Crippen LogP contribution in [0.2, 0.25) is 0 Å². The van der Waals surface area contributed by atoms with Crippen LogP contribution in [0, 0.1) is 0 Å². The lowest BCUT2D eigenvalue weighted by Crippen LogP contribution is -2.49. The summed E-state index contributed by atoms with van der Waals surface area (Å²) in [4.78, 5) is 0. The molecule has 2 rings (SSSR count). The standard InChI is InChI=1S/C9H17NO2/c1-2-9(3-6-11-5-1)8-10-4-7-12-9/h10H,1-8H2.